The Morgan fingerprint density at radius 3 is 2.54 bits per heavy atom. The third-order valence-corrected chi connectivity index (χ3v) is 1.03. The molecule has 4 nitrogen and oxygen atoms in total. The highest BCUT2D eigenvalue weighted by atomic mass is 16.5. The molecule has 0 radical (unpaired) electrons. The Morgan fingerprint density at radius 1 is 1.69 bits per heavy atom. The number of hydrogen-bond acceptors (Lipinski definition) is 3. The summed E-state index contributed by atoms with van der Waals surface area (Å²) in [6.45, 7) is 7.21. The molecule has 0 bridgehead atoms. The molecule has 1 aromatic heterocycles. The van der Waals surface area contributed by atoms with Crippen molar-refractivity contribution in [3.05, 3.63) is 30.9 Å². The van der Waals surface area contributed by atoms with Crippen molar-refractivity contribution in [2.45, 2.75) is 13.8 Å². The molecule has 0 atom stereocenters. The molecule has 0 aliphatic carbocycles. The minimum Gasteiger partial charge on any atom is -0.463 e. The minimum absolute atomic E-state index is 0.312. The van der Waals surface area contributed by atoms with Gasteiger partial charge in [0.25, 0.3) is 0 Å². The SMILES string of the molecule is C=C(C)C(=O)OCC.c1c[nH]cn1. The van der Waals surface area contributed by atoms with Crippen LogP contribution in [0.15, 0.2) is 30.9 Å². The van der Waals surface area contributed by atoms with Gasteiger partial charge in [0.1, 0.15) is 0 Å². The molecule has 0 fully saturated rings. The number of aromatic amines is 1. The highest BCUT2D eigenvalue weighted by Gasteiger charge is 1.98. The number of carbonyl (C=O) groups is 1. The topological polar surface area (TPSA) is 55.0 Å². The summed E-state index contributed by atoms with van der Waals surface area (Å²) in [4.78, 5) is 16.8. The first-order valence-electron chi connectivity index (χ1n) is 3.93. The standard InChI is InChI=1S/C6H10O2.C3H4N2/c1-4-8-6(7)5(2)3;1-2-5-3-4-1/h2,4H2,1,3H3;1-3H,(H,4,5). The number of esters is 1. The second-order valence-electron chi connectivity index (χ2n) is 2.26. The van der Waals surface area contributed by atoms with Crippen LogP contribution >= 0.6 is 0 Å². The van der Waals surface area contributed by atoms with Gasteiger partial charge in [-0.25, -0.2) is 9.78 Å². The van der Waals surface area contributed by atoms with Crippen molar-refractivity contribution in [2.75, 3.05) is 6.61 Å². The van der Waals surface area contributed by atoms with Crippen LogP contribution in [-0.2, 0) is 9.53 Å². The first-order chi connectivity index (χ1) is 6.18. The lowest BCUT2D eigenvalue weighted by molar-refractivity contribution is -0.138. The fraction of sp³-hybridized carbons (Fsp3) is 0.333. The van der Waals surface area contributed by atoms with Gasteiger partial charge < -0.3 is 9.72 Å². The molecule has 1 N–H and O–H groups in total. The largest absolute Gasteiger partial charge is 0.463 e. The quantitative estimate of drug-likeness (QED) is 0.557. The van der Waals surface area contributed by atoms with E-state index in [1.807, 2.05) is 0 Å². The van der Waals surface area contributed by atoms with Crippen LogP contribution in [0.3, 0.4) is 0 Å². The smallest absolute Gasteiger partial charge is 0.333 e. The van der Waals surface area contributed by atoms with Gasteiger partial charge in [0.05, 0.1) is 12.9 Å². The lowest BCUT2D eigenvalue weighted by Gasteiger charge is -1.96. The van der Waals surface area contributed by atoms with E-state index in [4.69, 9.17) is 0 Å². The van der Waals surface area contributed by atoms with E-state index in [0.717, 1.165) is 0 Å². The number of hydrogen-bond donors (Lipinski definition) is 1. The first kappa shape index (κ1) is 11.4. The molecule has 0 unspecified atom stereocenters. The van der Waals surface area contributed by atoms with Crippen molar-refractivity contribution in [1.29, 1.82) is 0 Å². The van der Waals surface area contributed by atoms with Gasteiger partial charge in [0.2, 0.25) is 0 Å². The summed E-state index contributed by atoms with van der Waals surface area (Å²) in [5, 5.41) is 0. The molecule has 1 heterocycles. The Kier molecular flexibility index (Phi) is 6.23. The second kappa shape index (κ2) is 7.09. The summed E-state index contributed by atoms with van der Waals surface area (Å²) in [6, 6.07) is 0. The number of aromatic nitrogens is 2. The highest BCUT2D eigenvalue weighted by Crippen LogP contribution is 1.89. The van der Waals surface area contributed by atoms with E-state index in [2.05, 4.69) is 21.3 Å². The normalized spacial score (nSPS) is 8.15. The molecule has 0 aliphatic rings. The van der Waals surface area contributed by atoms with Gasteiger partial charge in [0.15, 0.2) is 0 Å². The number of carbonyl (C=O) groups excluding carboxylic acids is 1. The van der Waals surface area contributed by atoms with E-state index >= 15 is 0 Å². The van der Waals surface area contributed by atoms with Gasteiger partial charge >= 0.3 is 5.97 Å². The van der Waals surface area contributed by atoms with Crippen LogP contribution in [0.2, 0.25) is 0 Å². The summed E-state index contributed by atoms with van der Waals surface area (Å²) in [5.41, 5.74) is 0.451. The summed E-state index contributed by atoms with van der Waals surface area (Å²) < 4.78 is 4.56. The highest BCUT2D eigenvalue weighted by molar-refractivity contribution is 5.86. The predicted molar refractivity (Wildman–Crippen MR) is 50.0 cm³/mol. The molecule has 72 valence electrons. The summed E-state index contributed by atoms with van der Waals surface area (Å²) in [6.07, 6.45) is 5.08. The van der Waals surface area contributed by atoms with Gasteiger partial charge in [-0.2, -0.15) is 0 Å². The van der Waals surface area contributed by atoms with Crippen molar-refractivity contribution in [3.63, 3.8) is 0 Å². The Labute approximate surface area is 77.6 Å². The molecule has 4 heteroatoms. The lowest BCUT2D eigenvalue weighted by Crippen LogP contribution is -2.03. The van der Waals surface area contributed by atoms with Crippen LogP contribution < -0.4 is 0 Å². The van der Waals surface area contributed by atoms with Gasteiger partial charge in [-0.05, 0) is 13.8 Å². The maximum absolute atomic E-state index is 10.4. The van der Waals surface area contributed by atoms with E-state index in [-0.39, 0.29) is 5.97 Å². The van der Waals surface area contributed by atoms with Gasteiger partial charge in [0, 0.05) is 18.0 Å². The number of nitrogens with one attached hydrogen (secondary N) is 1. The zero-order valence-corrected chi connectivity index (χ0v) is 7.91. The third-order valence-electron chi connectivity index (χ3n) is 1.03. The molecule has 1 aromatic rings. The average molecular weight is 182 g/mol. The number of nitrogens with zero attached hydrogens (tertiary/aromatic N) is 1. The molecular formula is C9H14N2O2. The molecule has 1 rings (SSSR count). The van der Waals surface area contributed by atoms with Gasteiger partial charge in [-0.1, -0.05) is 6.58 Å². The molecule has 0 saturated carbocycles. The van der Waals surface area contributed by atoms with E-state index in [9.17, 15) is 4.79 Å². The van der Waals surface area contributed by atoms with Crippen LogP contribution in [-0.4, -0.2) is 22.5 Å². The lowest BCUT2D eigenvalue weighted by atomic mass is 10.4. The Hall–Kier alpha value is -1.58. The second-order valence-corrected chi connectivity index (χ2v) is 2.26. The number of rotatable bonds is 2. The number of imidazole rings is 1. The monoisotopic (exact) mass is 182 g/mol. The van der Waals surface area contributed by atoms with Crippen LogP contribution in [0.5, 0.6) is 0 Å². The average Bonchev–Trinajstić information content (AvgIpc) is 2.61. The zero-order chi connectivity index (χ0) is 10.1. The number of H-pyrrole nitrogens is 1. The van der Waals surface area contributed by atoms with Crippen LogP contribution in [0, 0.1) is 0 Å². The van der Waals surface area contributed by atoms with Crippen molar-refractivity contribution >= 4 is 5.97 Å². The first-order valence-corrected chi connectivity index (χ1v) is 3.93. The van der Waals surface area contributed by atoms with E-state index in [1.54, 1.807) is 32.6 Å². The molecule has 0 spiro atoms. The Morgan fingerprint density at radius 2 is 2.38 bits per heavy atom. The van der Waals surface area contributed by atoms with Crippen LogP contribution in [0.1, 0.15) is 13.8 Å². The van der Waals surface area contributed by atoms with Crippen molar-refractivity contribution in [3.8, 4) is 0 Å². The van der Waals surface area contributed by atoms with Crippen molar-refractivity contribution < 1.29 is 9.53 Å². The van der Waals surface area contributed by atoms with Crippen LogP contribution in [0.25, 0.3) is 0 Å². The Balaban J connectivity index is 0.000000243. The third kappa shape index (κ3) is 6.80. The van der Waals surface area contributed by atoms with Crippen molar-refractivity contribution in [1.82, 2.24) is 9.97 Å². The molecule has 0 saturated heterocycles. The molecular weight excluding hydrogens is 168 g/mol. The van der Waals surface area contributed by atoms with Gasteiger partial charge in [-0.3, -0.25) is 0 Å². The molecule has 0 aromatic carbocycles. The fourth-order valence-corrected chi connectivity index (χ4v) is 0.469. The van der Waals surface area contributed by atoms with E-state index in [0.29, 0.717) is 12.2 Å². The van der Waals surface area contributed by atoms with E-state index in [1.165, 1.54) is 0 Å². The maximum atomic E-state index is 10.4. The van der Waals surface area contributed by atoms with Crippen LogP contribution in [0.4, 0.5) is 0 Å². The zero-order valence-electron chi connectivity index (χ0n) is 7.91. The number of ether oxygens (including phenoxy) is 1. The van der Waals surface area contributed by atoms with Gasteiger partial charge in [-0.15, -0.1) is 0 Å². The Bertz CT molecular complexity index is 225. The molecule has 0 aliphatic heterocycles. The van der Waals surface area contributed by atoms with E-state index < -0.39 is 0 Å². The predicted octanol–water partition coefficient (Wildman–Crippen LogP) is 1.54. The van der Waals surface area contributed by atoms with Crippen molar-refractivity contribution in [2.24, 2.45) is 0 Å². The fourth-order valence-electron chi connectivity index (χ4n) is 0.469. The molecule has 0 amide bonds. The molecule has 13 heavy (non-hydrogen) atoms. The summed E-state index contributed by atoms with van der Waals surface area (Å²) in [5.74, 6) is -0.312. The summed E-state index contributed by atoms with van der Waals surface area (Å²) in [7, 11) is 0. The summed E-state index contributed by atoms with van der Waals surface area (Å²) >= 11 is 0. The minimum atomic E-state index is -0.312. The maximum Gasteiger partial charge on any atom is 0.333 e.